The molecule has 3 aromatic heterocycles. The molecule has 2 N–H and O–H groups in total. The third-order valence-corrected chi connectivity index (χ3v) is 9.76. The summed E-state index contributed by atoms with van der Waals surface area (Å²) in [5.74, 6) is -1.69. The van der Waals surface area contributed by atoms with Gasteiger partial charge in [-0.15, -0.1) is 0 Å². The smallest absolute Gasteiger partial charge is 0.341 e. The van der Waals surface area contributed by atoms with E-state index in [4.69, 9.17) is 9.47 Å². The van der Waals surface area contributed by atoms with E-state index in [-0.39, 0.29) is 33.7 Å². The van der Waals surface area contributed by atoms with Gasteiger partial charge >= 0.3 is 5.97 Å². The van der Waals surface area contributed by atoms with Gasteiger partial charge in [-0.2, -0.15) is 12.8 Å². The molecule has 0 aliphatic rings. The zero-order valence-corrected chi connectivity index (χ0v) is 34.7. The Morgan fingerprint density at radius 2 is 1.05 bits per heavy atom. The maximum absolute atomic E-state index is 13.4. The monoisotopic (exact) mass is 784 g/mol. The number of aryl methyl sites for hydroxylation is 6. The van der Waals surface area contributed by atoms with Crippen LogP contribution in [0.4, 0.5) is 4.39 Å². The number of hydrogen-bond acceptors (Lipinski definition) is 9. The van der Waals surface area contributed by atoms with Crippen LogP contribution in [0.3, 0.4) is 0 Å². The average molecular weight is 785 g/mol. The second-order valence-electron chi connectivity index (χ2n) is 15.8. The van der Waals surface area contributed by atoms with Crippen molar-refractivity contribution in [3.8, 4) is 23.3 Å². The predicted octanol–water partition coefficient (Wildman–Crippen LogP) is 9.54. The fraction of sp³-hybridized carbons (Fsp3) is 0.326. The third kappa shape index (κ3) is 10.5. The highest BCUT2D eigenvalue weighted by atomic mass is 32.2. The summed E-state index contributed by atoms with van der Waals surface area (Å²) in [6.45, 7) is 23.6. The molecule has 0 unspecified atom stereocenters. The van der Waals surface area contributed by atoms with Gasteiger partial charge in [-0.05, 0) is 100 Å². The maximum atomic E-state index is 13.4. The molecule has 1 amide bonds. The van der Waals surface area contributed by atoms with Gasteiger partial charge in [0.25, 0.3) is 15.9 Å². The van der Waals surface area contributed by atoms with Gasteiger partial charge in [-0.3, -0.25) is 4.79 Å². The summed E-state index contributed by atoms with van der Waals surface area (Å²) in [7, 11) is -4.41. The molecule has 0 saturated carbocycles. The number of sulfonamides is 1. The molecule has 296 valence electrons. The second kappa shape index (κ2) is 16.6. The van der Waals surface area contributed by atoms with Crippen LogP contribution in [0.2, 0.25) is 0 Å². The zero-order chi connectivity index (χ0) is 41.9. The van der Waals surface area contributed by atoms with Gasteiger partial charge in [0.15, 0.2) is 5.03 Å². The highest BCUT2D eigenvalue weighted by Crippen LogP contribution is 2.34. The van der Waals surface area contributed by atoms with Crippen molar-refractivity contribution >= 4 is 21.9 Å². The standard InChI is InChI=1S/C24H26FN3O4S.C19H23NO3/c1-14-12-15(2)21(16(3)13-14)32-23-17(10-11-18(26-23)24(4,5)6)22(29)28-33(30,31)20-9-7-8-19(25)27-20;1-11-9-12(2)16(13(3)10-11)23-17-14(18(21)22)7-8-15(20-17)19(4,5)6/h7-13H,1-6H3,(H,28,29);7-10H,1-6H3,(H,21,22). The molecular formula is C43H49FN4O7S. The number of hydrogen-bond donors (Lipinski definition) is 2. The summed E-state index contributed by atoms with van der Waals surface area (Å²) in [6, 6.07) is 17.6. The molecule has 0 saturated heterocycles. The van der Waals surface area contributed by atoms with Gasteiger partial charge in [0.05, 0.1) is 0 Å². The highest BCUT2D eigenvalue weighted by molar-refractivity contribution is 7.90. The predicted molar refractivity (Wildman–Crippen MR) is 213 cm³/mol. The van der Waals surface area contributed by atoms with Crippen LogP contribution in [-0.2, 0) is 20.9 Å². The number of aromatic carboxylic acids is 1. The summed E-state index contributed by atoms with van der Waals surface area (Å²) in [5.41, 5.74) is 6.71. The van der Waals surface area contributed by atoms with E-state index in [0.717, 1.165) is 51.2 Å². The van der Waals surface area contributed by atoms with Crippen molar-refractivity contribution in [3.63, 3.8) is 0 Å². The van der Waals surface area contributed by atoms with Crippen LogP contribution in [0.15, 0.2) is 71.8 Å². The molecule has 13 heteroatoms. The average Bonchev–Trinajstić information content (AvgIpc) is 3.07. The summed E-state index contributed by atoms with van der Waals surface area (Å²) in [6.07, 6.45) is 0. The van der Waals surface area contributed by atoms with Gasteiger partial charge in [0.1, 0.15) is 22.6 Å². The Bertz CT molecular complexity index is 2370. The quantitative estimate of drug-likeness (QED) is 0.145. The van der Waals surface area contributed by atoms with Gasteiger partial charge in [-0.25, -0.2) is 24.5 Å². The first-order chi connectivity index (χ1) is 25.9. The summed E-state index contributed by atoms with van der Waals surface area (Å²) >= 11 is 0. The Hall–Kier alpha value is -5.69. The van der Waals surface area contributed by atoms with Crippen LogP contribution in [0.25, 0.3) is 0 Å². The molecule has 56 heavy (non-hydrogen) atoms. The Kier molecular flexibility index (Phi) is 12.7. The van der Waals surface area contributed by atoms with E-state index in [1.54, 1.807) is 18.2 Å². The van der Waals surface area contributed by atoms with Crippen LogP contribution in [0, 0.1) is 47.5 Å². The Balaban J connectivity index is 0.000000265. The SMILES string of the molecule is Cc1cc(C)c(Oc2nc(C(C)(C)C)ccc2C(=O)NS(=O)(=O)c2cccc(F)n2)c(C)c1.Cc1cc(C)c(Oc2nc(C(C)(C)C)ccc2C(=O)O)c(C)c1. The number of nitrogens with zero attached hydrogens (tertiary/aromatic N) is 3. The first-order valence-electron chi connectivity index (χ1n) is 17.8. The first kappa shape index (κ1) is 43.0. The normalized spacial score (nSPS) is 11.7. The molecule has 0 spiro atoms. The molecule has 3 heterocycles. The lowest BCUT2D eigenvalue weighted by Crippen LogP contribution is -2.32. The first-order valence-corrected chi connectivity index (χ1v) is 19.3. The number of benzene rings is 2. The number of amides is 1. The number of carboxylic acid groups (broad SMARTS) is 1. The lowest BCUT2D eigenvalue weighted by atomic mass is 9.91. The van der Waals surface area contributed by atoms with E-state index < -0.39 is 32.9 Å². The van der Waals surface area contributed by atoms with E-state index in [1.807, 2.05) is 112 Å². The molecule has 0 fully saturated rings. The number of carboxylic acids is 1. The van der Waals surface area contributed by atoms with Crippen molar-refractivity contribution in [2.24, 2.45) is 0 Å². The molecule has 5 rings (SSSR count). The van der Waals surface area contributed by atoms with Crippen molar-refractivity contribution in [3.05, 3.63) is 129 Å². The van der Waals surface area contributed by atoms with Crippen molar-refractivity contribution in [1.82, 2.24) is 19.7 Å². The van der Waals surface area contributed by atoms with Crippen LogP contribution < -0.4 is 14.2 Å². The molecule has 0 radical (unpaired) electrons. The van der Waals surface area contributed by atoms with Crippen molar-refractivity contribution < 1.29 is 37.0 Å². The second-order valence-corrected chi connectivity index (χ2v) is 17.4. The third-order valence-electron chi connectivity index (χ3n) is 8.53. The van der Waals surface area contributed by atoms with Crippen molar-refractivity contribution in [2.45, 2.75) is 98.9 Å². The molecule has 0 aliphatic heterocycles. The van der Waals surface area contributed by atoms with Crippen LogP contribution >= 0.6 is 0 Å². The van der Waals surface area contributed by atoms with Gasteiger partial charge < -0.3 is 14.6 Å². The van der Waals surface area contributed by atoms with Gasteiger partial charge in [-0.1, -0.05) is 83.0 Å². The number of halogens is 1. The number of rotatable bonds is 8. The molecule has 5 aromatic rings. The van der Waals surface area contributed by atoms with Crippen molar-refractivity contribution in [2.75, 3.05) is 0 Å². The lowest BCUT2D eigenvalue weighted by molar-refractivity contribution is 0.0692. The Labute approximate surface area is 328 Å². The minimum absolute atomic E-state index is 0.0302. The van der Waals surface area contributed by atoms with Gasteiger partial charge in [0, 0.05) is 22.2 Å². The number of pyridine rings is 3. The van der Waals surface area contributed by atoms with E-state index in [2.05, 4.69) is 15.0 Å². The highest BCUT2D eigenvalue weighted by Gasteiger charge is 2.27. The summed E-state index contributed by atoms with van der Waals surface area (Å²) in [4.78, 5) is 36.8. The van der Waals surface area contributed by atoms with E-state index in [9.17, 15) is 27.5 Å². The zero-order valence-electron chi connectivity index (χ0n) is 33.9. The molecular weight excluding hydrogens is 736 g/mol. The fourth-order valence-corrected chi connectivity index (χ4v) is 6.75. The Morgan fingerprint density at radius 1 is 0.643 bits per heavy atom. The fourth-order valence-electron chi connectivity index (χ4n) is 5.82. The minimum Gasteiger partial charge on any atom is -0.477 e. The number of carbonyl (C=O) groups excluding carboxylic acids is 1. The number of ether oxygens (including phenoxy) is 2. The molecule has 0 aliphatic carbocycles. The van der Waals surface area contributed by atoms with Crippen LogP contribution in [-0.4, -0.2) is 40.4 Å². The summed E-state index contributed by atoms with van der Waals surface area (Å²) in [5, 5.41) is 8.79. The Morgan fingerprint density at radius 3 is 1.45 bits per heavy atom. The van der Waals surface area contributed by atoms with E-state index in [0.29, 0.717) is 17.2 Å². The van der Waals surface area contributed by atoms with Crippen molar-refractivity contribution in [1.29, 1.82) is 0 Å². The molecule has 11 nitrogen and oxygen atoms in total. The van der Waals surface area contributed by atoms with E-state index in [1.165, 1.54) is 12.1 Å². The summed E-state index contributed by atoms with van der Waals surface area (Å²) < 4.78 is 52.5. The molecule has 0 bridgehead atoms. The molecule has 2 aromatic carbocycles. The number of aromatic nitrogens is 3. The van der Waals surface area contributed by atoms with Crippen LogP contribution in [0.1, 0.15) is 107 Å². The molecule has 0 atom stereocenters. The lowest BCUT2D eigenvalue weighted by Gasteiger charge is -2.21. The number of carbonyl (C=O) groups is 2. The van der Waals surface area contributed by atoms with E-state index >= 15 is 0 Å². The van der Waals surface area contributed by atoms with Gasteiger partial charge in [0.2, 0.25) is 17.7 Å². The maximum Gasteiger partial charge on any atom is 0.341 e. The topological polar surface area (TPSA) is 158 Å². The van der Waals surface area contributed by atoms with Crippen LogP contribution in [0.5, 0.6) is 23.3 Å². The number of nitrogens with one attached hydrogen (secondary N) is 1. The largest absolute Gasteiger partial charge is 0.477 e. The minimum atomic E-state index is -4.41.